The third-order valence-electron chi connectivity index (χ3n) is 9.34. The minimum Gasteiger partial charge on any atom is -0.512 e. The standard InChI is InChI=1S/C30H28F3N2S.C13H24O2.Ir/c1-28(2,3)16-23-35-26-24-18(14-22(27(26)36-23)30(31,32)33)11-12-34-25(24)19-13-17-9-7-8-10-20(17)21(15-19)29(4,5)6;1-5-10(6-2)12(14)9-13(15)11(7-3)8-4;/h7-12,14-15H,16H2,1-6H3;9-11,14H,5-8H2,1-4H3;/q-1;;/b;12-9-;. The quantitative estimate of drug-likeness (QED) is 0.0909. The predicted octanol–water partition coefficient (Wildman–Crippen LogP) is 13.2. The van der Waals surface area contributed by atoms with E-state index in [0.717, 1.165) is 58.9 Å². The smallest absolute Gasteiger partial charge is 0.417 e. The number of allylic oxidation sites excluding steroid dienone is 2. The van der Waals surface area contributed by atoms with Crippen molar-refractivity contribution in [2.75, 3.05) is 0 Å². The maximum absolute atomic E-state index is 14.1. The summed E-state index contributed by atoms with van der Waals surface area (Å²) in [5.41, 5.74) is 1.99. The Hall–Kier alpha value is -3.13. The van der Waals surface area contributed by atoms with Gasteiger partial charge in [0.25, 0.3) is 0 Å². The zero-order chi connectivity index (χ0) is 37.9. The van der Waals surface area contributed by atoms with Crippen LogP contribution in [0.5, 0.6) is 0 Å². The second-order valence-corrected chi connectivity index (χ2v) is 16.7. The van der Waals surface area contributed by atoms with Gasteiger partial charge in [-0.1, -0.05) is 98.4 Å². The van der Waals surface area contributed by atoms with Crippen molar-refractivity contribution in [3.63, 3.8) is 0 Å². The van der Waals surface area contributed by atoms with Gasteiger partial charge in [0.05, 0.1) is 26.5 Å². The maximum Gasteiger partial charge on any atom is 0.417 e. The second kappa shape index (κ2) is 17.3. The largest absolute Gasteiger partial charge is 0.512 e. The Kier molecular flexibility index (Phi) is 14.4. The summed E-state index contributed by atoms with van der Waals surface area (Å²) in [6.45, 7) is 20.7. The molecule has 283 valence electrons. The molecule has 0 bridgehead atoms. The van der Waals surface area contributed by atoms with Gasteiger partial charge in [-0.3, -0.25) is 9.78 Å². The summed E-state index contributed by atoms with van der Waals surface area (Å²) >= 11 is 1.14. The number of carbonyl (C=O) groups excluding carboxylic acids is 1. The van der Waals surface area contributed by atoms with Gasteiger partial charge in [0, 0.05) is 61.7 Å². The van der Waals surface area contributed by atoms with Gasteiger partial charge in [0.2, 0.25) is 0 Å². The number of alkyl halides is 3. The van der Waals surface area contributed by atoms with Crippen LogP contribution < -0.4 is 0 Å². The van der Waals surface area contributed by atoms with E-state index in [1.807, 2.05) is 45.9 Å². The molecule has 52 heavy (non-hydrogen) atoms. The van der Waals surface area contributed by atoms with Crippen LogP contribution in [0.4, 0.5) is 13.2 Å². The molecular formula is C43H52F3IrN2O2S-. The van der Waals surface area contributed by atoms with E-state index >= 15 is 0 Å². The number of aromatic nitrogens is 2. The number of fused-ring (bicyclic) bond motifs is 4. The number of benzene rings is 3. The zero-order valence-electron chi connectivity index (χ0n) is 32.0. The summed E-state index contributed by atoms with van der Waals surface area (Å²) < 4.78 is 42.6. The molecule has 0 aliphatic heterocycles. The summed E-state index contributed by atoms with van der Waals surface area (Å²) in [6.07, 6.45) is 2.60. The molecule has 1 radical (unpaired) electrons. The molecule has 4 nitrogen and oxygen atoms in total. The van der Waals surface area contributed by atoms with Gasteiger partial charge >= 0.3 is 6.18 Å². The van der Waals surface area contributed by atoms with Crippen LogP contribution in [0, 0.1) is 23.3 Å². The van der Waals surface area contributed by atoms with Crippen molar-refractivity contribution in [1.82, 2.24) is 9.97 Å². The number of halogens is 3. The molecule has 0 aliphatic rings. The van der Waals surface area contributed by atoms with Crippen LogP contribution in [0.3, 0.4) is 0 Å². The van der Waals surface area contributed by atoms with Crippen molar-refractivity contribution < 1.29 is 43.2 Å². The van der Waals surface area contributed by atoms with Crippen LogP contribution in [-0.2, 0) is 42.9 Å². The number of carbonyl (C=O) groups is 1. The normalized spacial score (nSPS) is 12.8. The Morgan fingerprint density at radius 2 is 1.52 bits per heavy atom. The summed E-state index contributed by atoms with van der Waals surface area (Å²) in [7, 11) is 0. The van der Waals surface area contributed by atoms with Gasteiger partial charge in [-0.2, -0.15) is 13.2 Å². The van der Waals surface area contributed by atoms with Crippen LogP contribution in [-0.4, -0.2) is 20.9 Å². The van der Waals surface area contributed by atoms with E-state index in [1.54, 1.807) is 12.3 Å². The monoisotopic (exact) mass is 910 g/mol. The molecule has 0 fully saturated rings. The number of aliphatic hydroxyl groups excluding tert-OH is 1. The summed E-state index contributed by atoms with van der Waals surface area (Å²) in [6, 6.07) is 16.5. The van der Waals surface area contributed by atoms with E-state index in [4.69, 9.17) is 4.98 Å². The van der Waals surface area contributed by atoms with Gasteiger partial charge in [-0.05, 0) is 54.0 Å². The molecule has 0 unspecified atom stereocenters. The molecule has 0 saturated carbocycles. The average molecular weight is 910 g/mol. The van der Waals surface area contributed by atoms with Crippen LogP contribution in [0.2, 0.25) is 0 Å². The third-order valence-corrected chi connectivity index (χ3v) is 10.4. The third kappa shape index (κ3) is 10.1. The molecule has 0 spiro atoms. The number of rotatable bonds is 9. The number of thiazole rings is 1. The number of pyridine rings is 1. The Morgan fingerprint density at radius 1 is 0.904 bits per heavy atom. The van der Waals surface area contributed by atoms with Crippen molar-refractivity contribution in [2.45, 2.75) is 113 Å². The Labute approximate surface area is 324 Å². The molecule has 3 aromatic carbocycles. The van der Waals surface area contributed by atoms with Gasteiger partial charge in [-0.15, -0.1) is 40.5 Å². The minimum atomic E-state index is -4.48. The molecular weight excluding hydrogens is 858 g/mol. The van der Waals surface area contributed by atoms with E-state index in [2.05, 4.69) is 64.7 Å². The van der Waals surface area contributed by atoms with Crippen molar-refractivity contribution in [2.24, 2.45) is 17.3 Å². The summed E-state index contributed by atoms with van der Waals surface area (Å²) in [5.74, 6) is 0.547. The first-order valence-electron chi connectivity index (χ1n) is 18.0. The molecule has 0 atom stereocenters. The van der Waals surface area contributed by atoms with Crippen molar-refractivity contribution in [3.05, 3.63) is 82.7 Å². The molecule has 0 amide bonds. The van der Waals surface area contributed by atoms with Crippen LogP contribution in [0.1, 0.15) is 111 Å². The Balaban J connectivity index is 0.000000389. The topological polar surface area (TPSA) is 63.1 Å². The fourth-order valence-corrected chi connectivity index (χ4v) is 7.89. The van der Waals surface area contributed by atoms with Gasteiger partial charge in [0.15, 0.2) is 5.78 Å². The maximum atomic E-state index is 14.1. The van der Waals surface area contributed by atoms with E-state index < -0.39 is 11.7 Å². The first kappa shape index (κ1) is 43.3. The molecule has 1 N–H and O–H groups in total. The van der Waals surface area contributed by atoms with E-state index in [-0.39, 0.29) is 59.0 Å². The van der Waals surface area contributed by atoms with E-state index in [9.17, 15) is 23.1 Å². The van der Waals surface area contributed by atoms with E-state index in [1.165, 1.54) is 12.1 Å². The number of ketones is 1. The van der Waals surface area contributed by atoms with Gasteiger partial charge in [0.1, 0.15) is 0 Å². The van der Waals surface area contributed by atoms with E-state index in [0.29, 0.717) is 33.4 Å². The Morgan fingerprint density at radius 3 is 2.08 bits per heavy atom. The molecule has 9 heteroatoms. The van der Waals surface area contributed by atoms with Crippen molar-refractivity contribution >= 4 is 48.9 Å². The number of hydrogen-bond donors (Lipinski definition) is 1. The zero-order valence-corrected chi connectivity index (χ0v) is 35.2. The Bertz CT molecular complexity index is 2030. The van der Waals surface area contributed by atoms with Gasteiger partial charge in [-0.25, -0.2) is 4.98 Å². The summed E-state index contributed by atoms with van der Waals surface area (Å²) in [5, 5.41) is 13.6. The van der Waals surface area contributed by atoms with Crippen molar-refractivity contribution in [1.29, 1.82) is 0 Å². The fraction of sp³-hybridized carbons (Fsp3) is 0.465. The van der Waals surface area contributed by atoms with Gasteiger partial charge < -0.3 is 5.11 Å². The molecule has 2 heterocycles. The number of nitrogens with zero attached hydrogens (tertiary/aromatic N) is 2. The predicted molar refractivity (Wildman–Crippen MR) is 207 cm³/mol. The molecule has 5 rings (SSSR count). The van der Waals surface area contributed by atoms with Crippen LogP contribution in [0.25, 0.3) is 43.0 Å². The fourth-order valence-electron chi connectivity index (χ4n) is 6.49. The molecule has 0 aliphatic carbocycles. The molecule has 0 saturated heterocycles. The number of aliphatic hydroxyl groups is 1. The SMILES string of the molecule is CC(C)(C)Cc1nc2c(s1)c(C(F)(F)F)cc1ccnc(-c3[c-]c4ccccc4c(C(C)(C)C)c3)c12.CCC(CC)C(=O)/C=C(\O)C(CC)CC.[Ir]. The average Bonchev–Trinajstić information content (AvgIpc) is 3.46. The first-order chi connectivity index (χ1) is 23.8. The second-order valence-electron chi connectivity index (χ2n) is 15.6. The summed E-state index contributed by atoms with van der Waals surface area (Å²) in [4.78, 5) is 21.2. The molecule has 5 aromatic rings. The molecule has 2 aromatic heterocycles. The minimum absolute atomic E-state index is 0. The number of hydrogen-bond acceptors (Lipinski definition) is 5. The van der Waals surface area contributed by atoms with Crippen LogP contribution >= 0.6 is 11.3 Å². The first-order valence-corrected chi connectivity index (χ1v) is 18.8. The van der Waals surface area contributed by atoms with Crippen molar-refractivity contribution in [3.8, 4) is 11.3 Å². The van der Waals surface area contributed by atoms with Crippen LogP contribution in [0.15, 0.2) is 60.5 Å².